The Kier molecular flexibility index (Phi) is 6.21. The van der Waals surface area contributed by atoms with Crippen molar-refractivity contribution in [1.82, 2.24) is 0 Å². The van der Waals surface area contributed by atoms with Crippen molar-refractivity contribution in [3.63, 3.8) is 0 Å². The van der Waals surface area contributed by atoms with Gasteiger partial charge >= 0.3 is 5.97 Å². The van der Waals surface area contributed by atoms with Gasteiger partial charge < -0.3 is 4.74 Å². The van der Waals surface area contributed by atoms with Gasteiger partial charge in [-0.2, -0.15) is 0 Å². The number of esters is 1. The van der Waals surface area contributed by atoms with Crippen molar-refractivity contribution in [2.75, 3.05) is 6.61 Å². The van der Waals surface area contributed by atoms with Crippen LogP contribution in [0.1, 0.15) is 33.6 Å². The second-order valence-corrected chi connectivity index (χ2v) is 5.46. The third kappa shape index (κ3) is 5.28. The van der Waals surface area contributed by atoms with Gasteiger partial charge in [0.15, 0.2) is 18.2 Å². The van der Waals surface area contributed by atoms with Gasteiger partial charge in [-0.3, -0.25) is 14.4 Å². The predicted molar refractivity (Wildman–Crippen MR) is 86.7 cm³/mol. The van der Waals surface area contributed by atoms with Gasteiger partial charge in [0.1, 0.15) is 5.82 Å². The van der Waals surface area contributed by atoms with Crippen LogP contribution in [-0.2, 0) is 9.53 Å². The zero-order valence-corrected chi connectivity index (χ0v) is 13.4. The van der Waals surface area contributed by atoms with Crippen molar-refractivity contribution in [2.45, 2.75) is 12.8 Å². The third-order valence-electron chi connectivity index (χ3n) is 3.25. The molecule has 0 aliphatic rings. The summed E-state index contributed by atoms with van der Waals surface area (Å²) in [5.41, 5.74) is 0.705. The lowest BCUT2D eigenvalue weighted by atomic mass is 10.1. The van der Waals surface area contributed by atoms with E-state index in [-0.39, 0.29) is 24.2 Å². The van der Waals surface area contributed by atoms with Gasteiger partial charge in [-0.1, -0.05) is 11.6 Å². The highest BCUT2D eigenvalue weighted by atomic mass is 35.5. The molecule has 124 valence electrons. The first-order valence-electron chi connectivity index (χ1n) is 7.19. The molecule has 2 aromatic carbocycles. The fraction of sp³-hybridized carbons (Fsp3) is 0.167. The van der Waals surface area contributed by atoms with Crippen molar-refractivity contribution < 1.29 is 23.5 Å². The molecular weight excluding hydrogens is 335 g/mol. The molecule has 0 aliphatic heterocycles. The molecule has 0 saturated heterocycles. The van der Waals surface area contributed by atoms with Gasteiger partial charge in [0, 0.05) is 22.6 Å². The van der Waals surface area contributed by atoms with E-state index in [0.717, 1.165) is 12.1 Å². The van der Waals surface area contributed by atoms with E-state index in [2.05, 4.69) is 0 Å². The highest BCUT2D eigenvalue weighted by Gasteiger charge is 2.13. The summed E-state index contributed by atoms with van der Waals surface area (Å²) in [5, 5.41) is 0.519. The van der Waals surface area contributed by atoms with Crippen LogP contribution in [0.3, 0.4) is 0 Å². The van der Waals surface area contributed by atoms with Crippen molar-refractivity contribution >= 4 is 29.1 Å². The molecule has 4 nitrogen and oxygen atoms in total. The first kappa shape index (κ1) is 17.8. The van der Waals surface area contributed by atoms with Crippen LogP contribution in [0.4, 0.5) is 4.39 Å². The second kappa shape index (κ2) is 8.36. The van der Waals surface area contributed by atoms with E-state index in [0.29, 0.717) is 10.6 Å². The Hall–Kier alpha value is -2.53. The monoisotopic (exact) mass is 348 g/mol. The number of hydrogen-bond donors (Lipinski definition) is 0. The lowest BCUT2D eigenvalue weighted by Crippen LogP contribution is -2.15. The summed E-state index contributed by atoms with van der Waals surface area (Å²) >= 11 is 5.74. The SMILES string of the molecule is O=C(CCC(=O)c1ccc(Cl)cc1)OCC(=O)c1ccc(F)cc1. The number of carbonyl (C=O) groups is 3. The zero-order chi connectivity index (χ0) is 17.5. The van der Waals surface area contributed by atoms with Crippen molar-refractivity contribution in [3.05, 3.63) is 70.5 Å². The summed E-state index contributed by atoms with van der Waals surface area (Å²) < 4.78 is 17.6. The molecule has 6 heteroatoms. The van der Waals surface area contributed by atoms with Crippen molar-refractivity contribution in [1.29, 1.82) is 0 Å². The topological polar surface area (TPSA) is 60.4 Å². The van der Waals surface area contributed by atoms with E-state index in [4.69, 9.17) is 16.3 Å². The number of Topliss-reactive ketones (excluding diaryl/α,β-unsaturated/α-hetero) is 2. The molecule has 0 atom stereocenters. The summed E-state index contributed by atoms with van der Waals surface area (Å²) in [6.07, 6.45) is -0.149. The standard InChI is InChI=1S/C18H14ClFO4/c19-14-5-1-12(2-6-14)16(21)9-10-18(23)24-11-17(22)13-3-7-15(20)8-4-13/h1-8H,9-11H2. The molecule has 0 N–H and O–H groups in total. The molecule has 2 aromatic rings. The van der Waals surface area contributed by atoms with Crippen molar-refractivity contribution in [2.24, 2.45) is 0 Å². The molecule has 0 heterocycles. The van der Waals surface area contributed by atoms with Gasteiger partial charge in [0.25, 0.3) is 0 Å². The third-order valence-corrected chi connectivity index (χ3v) is 3.50. The summed E-state index contributed by atoms with van der Waals surface area (Å²) in [4.78, 5) is 35.3. The maximum absolute atomic E-state index is 12.8. The fourth-order valence-electron chi connectivity index (χ4n) is 1.93. The molecule has 0 fully saturated rings. The van der Waals surface area contributed by atoms with Gasteiger partial charge in [0.2, 0.25) is 0 Å². The summed E-state index contributed by atoms with van der Waals surface area (Å²) in [7, 11) is 0. The van der Waals surface area contributed by atoms with E-state index in [9.17, 15) is 18.8 Å². The highest BCUT2D eigenvalue weighted by Crippen LogP contribution is 2.12. The maximum atomic E-state index is 12.8. The molecule has 0 saturated carbocycles. The number of carbonyl (C=O) groups excluding carboxylic acids is 3. The number of ketones is 2. The molecule has 0 spiro atoms. The van der Waals surface area contributed by atoms with E-state index >= 15 is 0 Å². The normalized spacial score (nSPS) is 10.2. The summed E-state index contributed by atoms with van der Waals surface area (Å²) in [5.74, 6) is -1.75. The Morgan fingerprint density at radius 2 is 1.38 bits per heavy atom. The number of ether oxygens (including phenoxy) is 1. The lowest BCUT2D eigenvalue weighted by molar-refractivity contribution is -0.142. The van der Waals surface area contributed by atoms with Crippen LogP contribution < -0.4 is 0 Å². The van der Waals surface area contributed by atoms with Crippen LogP contribution in [-0.4, -0.2) is 24.1 Å². The molecule has 0 unspecified atom stereocenters. The summed E-state index contributed by atoms with van der Waals surface area (Å²) in [6, 6.07) is 11.3. The Labute approximate surface area is 143 Å². The minimum absolute atomic E-state index is 0.0226. The minimum atomic E-state index is -0.646. The number of hydrogen-bond acceptors (Lipinski definition) is 4. The van der Waals surface area contributed by atoms with E-state index in [1.807, 2.05) is 0 Å². The minimum Gasteiger partial charge on any atom is -0.457 e. The van der Waals surface area contributed by atoms with Crippen LogP contribution in [0.15, 0.2) is 48.5 Å². The largest absolute Gasteiger partial charge is 0.457 e. The first-order chi connectivity index (χ1) is 11.5. The van der Waals surface area contributed by atoms with Gasteiger partial charge in [-0.05, 0) is 48.5 Å². The van der Waals surface area contributed by atoms with Gasteiger partial charge in [-0.15, -0.1) is 0 Å². The Bertz CT molecular complexity index is 675. The average molecular weight is 349 g/mol. The molecule has 0 amide bonds. The van der Waals surface area contributed by atoms with Crippen molar-refractivity contribution in [3.8, 4) is 0 Å². The van der Waals surface area contributed by atoms with E-state index in [1.54, 1.807) is 24.3 Å². The Morgan fingerprint density at radius 3 is 2.00 bits per heavy atom. The van der Waals surface area contributed by atoms with Gasteiger partial charge in [-0.25, -0.2) is 4.39 Å². The number of halogens is 2. The Morgan fingerprint density at radius 1 is 0.833 bits per heavy atom. The number of benzene rings is 2. The Balaban J connectivity index is 1.77. The zero-order valence-electron chi connectivity index (χ0n) is 12.6. The van der Waals surface area contributed by atoms with Crippen LogP contribution in [0.2, 0.25) is 5.02 Å². The molecule has 0 bridgehead atoms. The molecule has 0 aliphatic carbocycles. The summed E-state index contributed by atoms with van der Waals surface area (Å²) in [6.45, 7) is -0.445. The van der Waals surface area contributed by atoms with Crippen LogP contribution in [0, 0.1) is 5.82 Å². The van der Waals surface area contributed by atoms with Crippen LogP contribution in [0.5, 0.6) is 0 Å². The maximum Gasteiger partial charge on any atom is 0.306 e. The number of rotatable bonds is 7. The first-order valence-corrected chi connectivity index (χ1v) is 7.56. The average Bonchev–Trinajstić information content (AvgIpc) is 2.58. The van der Waals surface area contributed by atoms with E-state index < -0.39 is 24.2 Å². The highest BCUT2D eigenvalue weighted by molar-refractivity contribution is 6.30. The molecule has 0 radical (unpaired) electrons. The predicted octanol–water partition coefficient (Wildman–Crippen LogP) is 3.87. The van der Waals surface area contributed by atoms with Crippen LogP contribution in [0.25, 0.3) is 0 Å². The molecular formula is C18H14ClFO4. The van der Waals surface area contributed by atoms with E-state index in [1.165, 1.54) is 12.1 Å². The second-order valence-electron chi connectivity index (χ2n) is 5.02. The fourth-order valence-corrected chi connectivity index (χ4v) is 2.06. The quantitative estimate of drug-likeness (QED) is 0.563. The lowest BCUT2D eigenvalue weighted by Gasteiger charge is -2.05. The van der Waals surface area contributed by atoms with Crippen LogP contribution >= 0.6 is 11.6 Å². The van der Waals surface area contributed by atoms with Gasteiger partial charge in [0.05, 0.1) is 6.42 Å². The molecule has 0 aromatic heterocycles. The molecule has 2 rings (SSSR count). The smallest absolute Gasteiger partial charge is 0.306 e. The molecule has 24 heavy (non-hydrogen) atoms.